The lowest BCUT2D eigenvalue weighted by atomic mass is 10.2. The molecule has 0 bridgehead atoms. The molecule has 1 aliphatic heterocycles. The molecular weight excluding hydrogens is 376 g/mol. The lowest BCUT2D eigenvalue weighted by Gasteiger charge is -2.08. The first kappa shape index (κ1) is 15.2. The first-order valence-corrected chi connectivity index (χ1v) is 10.0. The summed E-state index contributed by atoms with van der Waals surface area (Å²) < 4.78 is 26.3. The number of thiophene rings is 1. The van der Waals surface area contributed by atoms with Crippen molar-refractivity contribution < 1.29 is 8.42 Å². The number of hydrogen-bond donors (Lipinski definition) is 1. The van der Waals surface area contributed by atoms with Crippen LogP contribution in [-0.2, 0) is 23.4 Å². The van der Waals surface area contributed by atoms with Crippen LogP contribution in [0.5, 0.6) is 0 Å². The van der Waals surface area contributed by atoms with E-state index >= 15 is 0 Å². The highest BCUT2D eigenvalue weighted by Crippen LogP contribution is 2.30. The number of sulfone groups is 1. The highest BCUT2D eigenvalue weighted by Gasteiger charge is 2.27. The molecule has 0 aliphatic carbocycles. The van der Waals surface area contributed by atoms with Crippen LogP contribution in [0, 0.1) is 0 Å². The molecule has 1 saturated heterocycles. The zero-order valence-electron chi connectivity index (χ0n) is 11.4. The van der Waals surface area contributed by atoms with Crippen LogP contribution in [-0.4, -0.2) is 30.5 Å². The van der Waals surface area contributed by atoms with Crippen molar-refractivity contribution in [2.24, 2.45) is 7.05 Å². The Hall–Kier alpha value is -0.700. The third kappa shape index (κ3) is 3.08. The van der Waals surface area contributed by atoms with Crippen LogP contribution in [0.15, 0.2) is 21.5 Å². The van der Waals surface area contributed by atoms with Crippen molar-refractivity contribution in [3.8, 4) is 0 Å². The molecule has 114 valence electrons. The Labute approximate surface area is 135 Å². The van der Waals surface area contributed by atoms with E-state index < -0.39 is 9.84 Å². The maximum Gasteiger partial charge on any atom is 0.259 e. The minimum atomic E-state index is -2.86. The van der Waals surface area contributed by atoms with Crippen molar-refractivity contribution in [3.05, 3.63) is 32.0 Å². The standard InChI is InChI=1S/C13H15BrN2O3S2/c1-16-6-11(14)12-10(13(16)17)4-9(20-12)5-15-8-2-3-21(18,19)7-8/h4,6,8,15H,2-3,5,7H2,1H3. The molecule has 3 heterocycles. The van der Waals surface area contributed by atoms with Gasteiger partial charge in [0.05, 0.1) is 26.1 Å². The predicted octanol–water partition coefficient (Wildman–Crippen LogP) is 1.64. The summed E-state index contributed by atoms with van der Waals surface area (Å²) >= 11 is 5.04. The number of fused-ring (bicyclic) bond motifs is 1. The average Bonchev–Trinajstić information content (AvgIpc) is 2.97. The van der Waals surface area contributed by atoms with Crippen LogP contribution in [0.4, 0.5) is 0 Å². The predicted molar refractivity (Wildman–Crippen MR) is 88.7 cm³/mol. The van der Waals surface area contributed by atoms with Crippen molar-refractivity contribution >= 4 is 47.2 Å². The van der Waals surface area contributed by atoms with E-state index in [1.807, 2.05) is 6.07 Å². The molecule has 5 nitrogen and oxygen atoms in total. The quantitative estimate of drug-likeness (QED) is 0.864. The number of pyridine rings is 1. The summed E-state index contributed by atoms with van der Waals surface area (Å²) in [6, 6.07) is 1.91. The molecule has 0 aromatic carbocycles. The van der Waals surface area contributed by atoms with E-state index in [1.165, 1.54) is 0 Å². The molecule has 3 rings (SSSR count). The summed E-state index contributed by atoms with van der Waals surface area (Å²) in [7, 11) is -1.14. The third-order valence-corrected chi connectivity index (χ3v) is 7.46. The number of hydrogen-bond acceptors (Lipinski definition) is 5. The topological polar surface area (TPSA) is 68.2 Å². The molecule has 21 heavy (non-hydrogen) atoms. The highest BCUT2D eigenvalue weighted by molar-refractivity contribution is 9.10. The smallest absolute Gasteiger partial charge is 0.259 e. The van der Waals surface area contributed by atoms with Crippen LogP contribution < -0.4 is 10.9 Å². The fourth-order valence-electron chi connectivity index (χ4n) is 2.54. The molecule has 2 aromatic heterocycles. The molecule has 8 heteroatoms. The Morgan fingerprint density at radius 2 is 2.29 bits per heavy atom. The van der Waals surface area contributed by atoms with E-state index in [0.717, 1.165) is 14.0 Å². The normalized spacial score (nSPS) is 21.1. The average molecular weight is 391 g/mol. The van der Waals surface area contributed by atoms with Gasteiger partial charge >= 0.3 is 0 Å². The molecule has 1 aliphatic rings. The fourth-order valence-corrected chi connectivity index (χ4v) is 6.02. The number of aryl methyl sites for hydroxylation is 1. The van der Waals surface area contributed by atoms with Gasteiger partial charge in [-0.3, -0.25) is 4.79 Å². The Morgan fingerprint density at radius 3 is 2.95 bits per heavy atom. The van der Waals surface area contributed by atoms with Crippen LogP contribution in [0.25, 0.3) is 10.1 Å². The maximum absolute atomic E-state index is 12.1. The summed E-state index contributed by atoms with van der Waals surface area (Å²) in [4.78, 5) is 13.1. The largest absolute Gasteiger partial charge is 0.317 e. The number of nitrogens with one attached hydrogen (secondary N) is 1. The van der Waals surface area contributed by atoms with Crippen LogP contribution in [0.3, 0.4) is 0 Å². The van der Waals surface area contributed by atoms with Gasteiger partial charge in [-0.15, -0.1) is 11.3 Å². The molecule has 1 fully saturated rings. The second-order valence-electron chi connectivity index (χ2n) is 5.33. The van der Waals surface area contributed by atoms with Gasteiger partial charge in [0.2, 0.25) is 0 Å². The van der Waals surface area contributed by atoms with Gasteiger partial charge in [0.1, 0.15) is 0 Å². The van der Waals surface area contributed by atoms with Gasteiger partial charge in [-0.1, -0.05) is 0 Å². The van der Waals surface area contributed by atoms with Crippen molar-refractivity contribution in [2.75, 3.05) is 11.5 Å². The van der Waals surface area contributed by atoms with Gasteiger partial charge in [-0.25, -0.2) is 8.42 Å². The monoisotopic (exact) mass is 390 g/mol. The van der Waals surface area contributed by atoms with E-state index in [9.17, 15) is 13.2 Å². The summed E-state index contributed by atoms with van der Waals surface area (Å²) in [5.41, 5.74) is -0.0147. The van der Waals surface area contributed by atoms with Crippen LogP contribution >= 0.6 is 27.3 Å². The van der Waals surface area contributed by atoms with E-state index in [-0.39, 0.29) is 23.1 Å². The summed E-state index contributed by atoms with van der Waals surface area (Å²) in [5, 5.41) is 3.98. The maximum atomic E-state index is 12.1. The highest BCUT2D eigenvalue weighted by atomic mass is 79.9. The lowest BCUT2D eigenvalue weighted by molar-refractivity contribution is 0.557. The molecular formula is C13H15BrN2O3S2. The molecule has 0 amide bonds. The Kier molecular flexibility index (Phi) is 3.98. The van der Waals surface area contributed by atoms with E-state index in [0.29, 0.717) is 18.4 Å². The number of rotatable bonds is 3. The van der Waals surface area contributed by atoms with E-state index in [1.54, 1.807) is 29.1 Å². The minimum absolute atomic E-state index is 0.0147. The van der Waals surface area contributed by atoms with Crippen molar-refractivity contribution in [3.63, 3.8) is 0 Å². The summed E-state index contributed by atoms with van der Waals surface area (Å²) in [5.74, 6) is 0.479. The van der Waals surface area contributed by atoms with Gasteiger partial charge < -0.3 is 9.88 Å². The van der Waals surface area contributed by atoms with Crippen LogP contribution in [0.2, 0.25) is 0 Å². The van der Waals surface area contributed by atoms with Gasteiger partial charge in [-0.2, -0.15) is 0 Å². The first-order chi connectivity index (χ1) is 9.85. The molecule has 2 aromatic rings. The summed E-state index contributed by atoms with van der Waals surface area (Å²) in [6.07, 6.45) is 2.43. The zero-order chi connectivity index (χ0) is 15.2. The van der Waals surface area contributed by atoms with Gasteiger partial charge in [-0.05, 0) is 28.4 Å². The number of nitrogens with zero attached hydrogens (tertiary/aromatic N) is 1. The van der Waals surface area contributed by atoms with Crippen LogP contribution in [0.1, 0.15) is 11.3 Å². The fraction of sp³-hybridized carbons (Fsp3) is 0.462. The molecule has 1 N–H and O–H groups in total. The zero-order valence-corrected chi connectivity index (χ0v) is 14.6. The van der Waals surface area contributed by atoms with Gasteiger partial charge in [0.25, 0.3) is 5.56 Å². The minimum Gasteiger partial charge on any atom is -0.317 e. The summed E-state index contributed by atoms with van der Waals surface area (Å²) in [6.45, 7) is 0.592. The lowest BCUT2D eigenvalue weighted by Crippen LogP contribution is -2.29. The third-order valence-electron chi connectivity index (χ3n) is 3.66. The Balaban J connectivity index is 1.81. The van der Waals surface area contributed by atoms with Gasteiger partial charge in [0.15, 0.2) is 9.84 Å². The number of halogens is 1. The second-order valence-corrected chi connectivity index (χ2v) is 9.55. The SMILES string of the molecule is Cn1cc(Br)c2sc(CNC3CCS(=O)(=O)C3)cc2c1=O. The van der Waals surface area contributed by atoms with Gasteiger partial charge in [0, 0.05) is 30.7 Å². The van der Waals surface area contributed by atoms with E-state index in [2.05, 4.69) is 21.2 Å². The molecule has 1 unspecified atom stereocenters. The first-order valence-electron chi connectivity index (χ1n) is 6.57. The molecule has 1 atom stereocenters. The van der Waals surface area contributed by atoms with Crippen molar-refractivity contribution in [1.82, 2.24) is 9.88 Å². The van der Waals surface area contributed by atoms with Crippen molar-refractivity contribution in [2.45, 2.75) is 19.0 Å². The molecule has 0 saturated carbocycles. The van der Waals surface area contributed by atoms with Crippen molar-refractivity contribution in [1.29, 1.82) is 0 Å². The number of aromatic nitrogens is 1. The van der Waals surface area contributed by atoms with E-state index in [4.69, 9.17) is 0 Å². The Bertz CT molecular complexity index is 854. The second kappa shape index (κ2) is 5.49. The molecule has 0 radical (unpaired) electrons. The Morgan fingerprint density at radius 1 is 1.52 bits per heavy atom. The molecule has 0 spiro atoms.